The van der Waals surface area contributed by atoms with E-state index >= 15 is 0 Å². The summed E-state index contributed by atoms with van der Waals surface area (Å²) in [5, 5.41) is 0.886. The van der Waals surface area contributed by atoms with Crippen molar-refractivity contribution in [3.05, 3.63) is 60.4 Å². The van der Waals surface area contributed by atoms with Crippen LogP contribution in [0.5, 0.6) is 0 Å². The van der Waals surface area contributed by atoms with Crippen LogP contribution in [0.1, 0.15) is 29.6 Å². The van der Waals surface area contributed by atoms with Crippen LogP contribution in [-0.4, -0.2) is 53.1 Å². The molecule has 0 atom stereocenters. The molecular formula is C23H26N4O2. The molecule has 0 aliphatic carbocycles. The molecule has 0 bridgehead atoms. The Balaban J connectivity index is 1.58. The number of nitrogens with two attached hydrogens (primary N) is 1. The lowest BCUT2D eigenvalue weighted by Crippen LogP contribution is -2.41. The number of rotatable bonds is 6. The molecule has 150 valence electrons. The van der Waals surface area contributed by atoms with Crippen molar-refractivity contribution in [1.82, 2.24) is 14.9 Å². The number of ether oxygens (including phenoxy) is 1. The summed E-state index contributed by atoms with van der Waals surface area (Å²) < 4.78 is 5.87. The molecule has 1 amide bonds. The number of carbonyl (C=O) groups excluding carboxylic acids is 1. The van der Waals surface area contributed by atoms with Crippen LogP contribution in [0.15, 0.2) is 54.9 Å². The number of likely N-dealkylation sites (tertiary alicyclic amines) is 1. The fourth-order valence-electron chi connectivity index (χ4n) is 3.75. The summed E-state index contributed by atoms with van der Waals surface area (Å²) in [5.74, 6) is 0.0549. The molecule has 4 rings (SSSR count). The molecule has 3 heterocycles. The number of pyridine rings is 2. The first-order valence-corrected chi connectivity index (χ1v) is 10.2. The predicted molar refractivity (Wildman–Crippen MR) is 114 cm³/mol. The van der Waals surface area contributed by atoms with Crippen LogP contribution in [0.2, 0.25) is 0 Å². The summed E-state index contributed by atoms with van der Waals surface area (Å²) in [6.07, 6.45) is 6.28. The minimum Gasteiger partial charge on any atom is -0.378 e. The third kappa shape index (κ3) is 4.44. The van der Waals surface area contributed by atoms with Crippen molar-refractivity contribution in [3.8, 4) is 11.3 Å². The van der Waals surface area contributed by atoms with Crippen LogP contribution >= 0.6 is 0 Å². The topological polar surface area (TPSA) is 81.3 Å². The molecule has 29 heavy (non-hydrogen) atoms. The molecule has 6 heteroatoms. The number of para-hydroxylation sites is 1. The second kappa shape index (κ2) is 9.11. The highest BCUT2D eigenvalue weighted by Gasteiger charge is 2.25. The Morgan fingerprint density at radius 2 is 1.90 bits per heavy atom. The standard InChI is InChI=1S/C23H26N4O2/c24-10-3-15-29-18-8-13-27(14-9-18)23(28)20-16-22(17-6-11-25-12-7-17)26-21-5-2-1-4-19(20)21/h1-2,4-7,11-12,16,18H,3,8-10,13-15,24H2. The van der Waals surface area contributed by atoms with E-state index in [0.717, 1.165) is 41.4 Å². The first kappa shape index (κ1) is 19.5. The van der Waals surface area contributed by atoms with Crippen molar-refractivity contribution in [2.75, 3.05) is 26.2 Å². The van der Waals surface area contributed by atoms with E-state index in [2.05, 4.69) is 4.98 Å². The lowest BCUT2D eigenvalue weighted by molar-refractivity contribution is 0.00850. The Labute approximate surface area is 170 Å². The molecule has 3 aromatic rings. The summed E-state index contributed by atoms with van der Waals surface area (Å²) in [6, 6.07) is 13.5. The van der Waals surface area contributed by atoms with Crippen molar-refractivity contribution >= 4 is 16.8 Å². The van der Waals surface area contributed by atoms with Gasteiger partial charge in [0.2, 0.25) is 0 Å². The van der Waals surface area contributed by atoms with Crippen LogP contribution < -0.4 is 5.73 Å². The summed E-state index contributed by atoms with van der Waals surface area (Å²) in [6.45, 7) is 2.74. The molecule has 0 unspecified atom stereocenters. The zero-order valence-corrected chi connectivity index (χ0v) is 16.5. The largest absolute Gasteiger partial charge is 0.378 e. The molecule has 2 N–H and O–H groups in total. The van der Waals surface area contributed by atoms with Gasteiger partial charge in [0.25, 0.3) is 5.91 Å². The molecule has 1 aromatic carbocycles. The maximum atomic E-state index is 13.4. The van der Waals surface area contributed by atoms with Gasteiger partial charge in [-0.05, 0) is 50.1 Å². The van der Waals surface area contributed by atoms with Crippen LogP contribution in [-0.2, 0) is 4.74 Å². The van der Waals surface area contributed by atoms with Gasteiger partial charge in [0.1, 0.15) is 0 Å². The van der Waals surface area contributed by atoms with Gasteiger partial charge in [-0.15, -0.1) is 0 Å². The maximum Gasteiger partial charge on any atom is 0.254 e. The second-order valence-corrected chi connectivity index (χ2v) is 7.31. The van der Waals surface area contributed by atoms with E-state index in [1.54, 1.807) is 12.4 Å². The van der Waals surface area contributed by atoms with Gasteiger partial charge in [-0.2, -0.15) is 0 Å². The van der Waals surface area contributed by atoms with Gasteiger partial charge in [-0.25, -0.2) is 4.98 Å². The number of fused-ring (bicyclic) bond motifs is 1. The van der Waals surface area contributed by atoms with E-state index in [-0.39, 0.29) is 12.0 Å². The fourth-order valence-corrected chi connectivity index (χ4v) is 3.75. The van der Waals surface area contributed by atoms with Crippen molar-refractivity contribution in [3.63, 3.8) is 0 Å². The van der Waals surface area contributed by atoms with Crippen molar-refractivity contribution in [2.45, 2.75) is 25.4 Å². The zero-order chi connectivity index (χ0) is 20.1. The Morgan fingerprint density at radius 3 is 2.66 bits per heavy atom. The number of aromatic nitrogens is 2. The number of nitrogens with zero attached hydrogens (tertiary/aromatic N) is 3. The molecular weight excluding hydrogens is 364 g/mol. The maximum absolute atomic E-state index is 13.4. The monoisotopic (exact) mass is 390 g/mol. The van der Waals surface area contributed by atoms with Gasteiger partial charge in [0, 0.05) is 43.0 Å². The van der Waals surface area contributed by atoms with E-state index in [9.17, 15) is 4.79 Å². The molecule has 1 saturated heterocycles. The smallest absolute Gasteiger partial charge is 0.254 e. The first-order chi connectivity index (χ1) is 14.3. The van der Waals surface area contributed by atoms with Crippen LogP contribution in [0.4, 0.5) is 0 Å². The highest BCUT2D eigenvalue weighted by atomic mass is 16.5. The van der Waals surface area contributed by atoms with Gasteiger partial charge in [0.05, 0.1) is 22.9 Å². The minimum atomic E-state index is 0.0549. The second-order valence-electron chi connectivity index (χ2n) is 7.31. The number of benzene rings is 1. The van der Waals surface area contributed by atoms with Gasteiger partial charge in [-0.3, -0.25) is 9.78 Å². The lowest BCUT2D eigenvalue weighted by Gasteiger charge is -2.32. The average molecular weight is 390 g/mol. The Hall–Kier alpha value is -2.83. The number of amides is 1. The van der Waals surface area contributed by atoms with E-state index < -0.39 is 0 Å². The number of hydrogen-bond donors (Lipinski definition) is 1. The predicted octanol–water partition coefficient (Wildman–Crippen LogP) is 3.27. The Morgan fingerprint density at radius 1 is 1.14 bits per heavy atom. The molecule has 0 spiro atoms. The van der Waals surface area contributed by atoms with Crippen LogP contribution in [0.25, 0.3) is 22.2 Å². The van der Waals surface area contributed by atoms with Crippen LogP contribution in [0, 0.1) is 0 Å². The van der Waals surface area contributed by atoms with Crippen molar-refractivity contribution in [2.24, 2.45) is 5.73 Å². The summed E-state index contributed by atoms with van der Waals surface area (Å²) in [7, 11) is 0. The van der Waals surface area contributed by atoms with Gasteiger partial charge in [-0.1, -0.05) is 18.2 Å². The van der Waals surface area contributed by atoms with E-state index in [0.29, 0.717) is 31.8 Å². The lowest BCUT2D eigenvalue weighted by atomic mass is 10.0. The molecule has 6 nitrogen and oxygen atoms in total. The third-order valence-corrected chi connectivity index (χ3v) is 5.35. The van der Waals surface area contributed by atoms with E-state index in [1.165, 1.54) is 0 Å². The van der Waals surface area contributed by atoms with E-state index in [4.69, 9.17) is 15.5 Å². The van der Waals surface area contributed by atoms with Gasteiger partial charge >= 0.3 is 0 Å². The molecule has 1 fully saturated rings. The Kier molecular flexibility index (Phi) is 6.12. The summed E-state index contributed by atoms with van der Waals surface area (Å²) in [5.41, 5.74) is 8.79. The molecule has 2 aromatic heterocycles. The third-order valence-electron chi connectivity index (χ3n) is 5.35. The van der Waals surface area contributed by atoms with Crippen molar-refractivity contribution < 1.29 is 9.53 Å². The highest BCUT2D eigenvalue weighted by molar-refractivity contribution is 6.07. The minimum absolute atomic E-state index is 0.0549. The number of hydrogen-bond acceptors (Lipinski definition) is 5. The molecule has 1 aliphatic rings. The average Bonchev–Trinajstić information content (AvgIpc) is 2.79. The van der Waals surface area contributed by atoms with Gasteiger partial charge < -0.3 is 15.4 Å². The fraction of sp³-hybridized carbons (Fsp3) is 0.348. The SMILES string of the molecule is NCCCOC1CCN(C(=O)c2cc(-c3ccncc3)nc3ccccc23)CC1. The van der Waals surface area contributed by atoms with Crippen LogP contribution in [0.3, 0.4) is 0 Å². The molecule has 0 radical (unpaired) electrons. The zero-order valence-electron chi connectivity index (χ0n) is 16.5. The molecule has 1 aliphatic heterocycles. The van der Waals surface area contributed by atoms with E-state index in [1.807, 2.05) is 47.4 Å². The summed E-state index contributed by atoms with van der Waals surface area (Å²) >= 11 is 0. The van der Waals surface area contributed by atoms with Gasteiger partial charge in [0.15, 0.2) is 0 Å². The highest BCUT2D eigenvalue weighted by Crippen LogP contribution is 2.26. The number of carbonyl (C=O) groups is 1. The summed E-state index contributed by atoms with van der Waals surface area (Å²) in [4.78, 5) is 24.2. The molecule has 0 saturated carbocycles. The quantitative estimate of drug-likeness (QED) is 0.654. The van der Waals surface area contributed by atoms with Crippen molar-refractivity contribution in [1.29, 1.82) is 0 Å². The normalized spacial score (nSPS) is 15.0. The first-order valence-electron chi connectivity index (χ1n) is 10.2. The Bertz CT molecular complexity index is 969. The number of piperidine rings is 1.